The number of non-ortho nitro benzene ring substituents is 1. The normalized spacial score (nSPS) is 11.0. The number of nitro benzene ring substituents is 1. The van der Waals surface area contributed by atoms with Gasteiger partial charge in [0.1, 0.15) is 0 Å². The zero-order valence-electron chi connectivity index (χ0n) is 13.7. The number of nitrogens with zero attached hydrogens (tertiary/aromatic N) is 1. The minimum atomic E-state index is -4.62. The van der Waals surface area contributed by atoms with E-state index in [0.717, 1.165) is 30.0 Å². The molecule has 0 aliphatic heterocycles. The predicted octanol–water partition coefficient (Wildman–Crippen LogP) is 3.82. The molecule has 0 radical (unpaired) electrons. The van der Waals surface area contributed by atoms with Gasteiger partial charge in [-0.15, -0.1) is 11.8 Å². The topological polar surface area (TPSA) is 101 Å². The average Bonchev–Trinajstić information content (AvgIpc) is 2.64. The van der Waals surface area contributed by atoms with Gasteiger partial charge in [-0.1, -0.05) is 17.7 Å². The van der Waals surface area contributed by atoms with Gasteiger partial charge in [0.2, 0.25) is 5.91 Å². The molecule has 2 N–H and O–H groups in total. The van der Waals surface area contributed by atoms with Gasteiger partial charge in [0.15, 0.2) is 0 Å². The molecule has 2 aromatic carbocycles. The van der Waals surface area contributed by atoms with Crippen molar-refractivity contribution in [3.8, 4) is 0 Å². The second-order valence-corrected chi connectivity index (χ2v) is 6.69. The summed E-state index contributed by atoms with van der Waals surface area (Å²) in [6.45, 7) is 0. The number of carbonyl (C=O) groups is 2. The van der Waals surface area contributed by atoms with Crippen LogP contribution in [0.4, 0.5) is 18.9 Å². The fourth-order valence-corrected chi connectivity index (χ4v) is 2.92. The Labute approximate surface area is 165 Å². The number of alkyl halides is 3. The van der Waals surface area contributed by atoms with Crippen LogP contribution in [0.25, 0.3) is 0 Å². The average molecular weight is 434 g/mol. The Balaban J connectivity index is 1.90. The van der Waals surface area contributed by atoms with Crippen LogP contribution in [-0.4, -0.2) is 22.5 Å². The highest BCUT2D eigenvalue weighted by atomic mass is 35.5. The number of hydrazine groups is 1. The Hall–Kier alpha value is -2.79. The Kier molecular flexibility index (Phi) is 6.86. The number of amides is 2. The van der Waals surface area contributed by atoms with Gasteiger partial charge in [-0.05, 0) is 24.3 Å². The summed E-state index contributed by atoms with van der Waals surface area (Å²) in [5.41, 5.74) is 2.79. The molecular formula is C16H11ClF3N3O4S. The van der Waals surface area contributed by atoms with Crippen molar-refractivity contribution >= 4 is 40.9 Å². The second kappa shape index (κ2) is 8.93. The van der Waals surface area contributed by atoms with E-state index in [0.29, 0.717) is 0 Å². The lowest BCUT2D eigenvalue weighted by atomic mass is 10.2. The quantitative estimate of drug-likeness (QED) is 0.424. The molecule has 0 saturated carbocycles. The number of nitrogens with one attached hydrogen (secondary N) is 2. The molecule has 2 aromatic rings. The van der Waals surface area contributed by atoms with Crippen molar-refractivity contribution in [2.75, 3.05) is 5.75 Å². The van der Waals surface area contributed by atoms with E-state index in [2.05, 4.69) is 10.9 Å². The highest BCUT2D eigenvalue weighted by Gasteiger charge is 2.33. The van der Waals surface area contributed by atoms with Gasteiger partial charge in [-0.25, -0.2) is 0 Å². The van der Waals surface area contributed by atoms with Crippen molar-refractivity contribution in [2.24, 2.45) is 0 Å². The molecule has 0 spiro atoms. The summed E-state index contributed by atoms with van der Waals surface area (Å²) in [6, 6.07) is 8.09. The third kappa shape index (κ3) is 5.86. The molecule has 0 saturated heterocycles. The number of nitro groups is 1. The molecule has 0 heterocycles. The number of thioether (sulfide) groups is 1. The fraction of sp³-hybridized carbons (Fsp3) is 0.125. The Morgan fingerprint density at radius 2 is 1.86 bits per heavy atom. The van der Waals surface area contributed by atoms with Gasteiger partial charge in [0, 0.05) is 22.6 Å². The van der Waals surface area contributed by atoms with Crippen LogP contribution in [-0.2, 0) is 11.0 Å². The summed E-state index contributed by atoms with van der Waals surface area (Å²) in [6.07, 6.45) is -4.62. The zero-order valence-corrected chi connectivity index (χ0v) is 15.3. The van der Waals surface area contributed by atoms with Gasteiger partial charge in [-0.3, -0.25) is 30.6 Å². The van der Waals surface area contributed by atoms with E-state index >= 15 is 0 Å². The summed E-state index contributed by atoms with van der Waals surface area (Å²) >= 11 is 6.33. The smallest absolute Gasteiger partial charge is 0.272 e. The molecule has 0 bridgehead atoms. The second-order valence-electron chi connectivity index (χ2n) is 5.24. The van der Waals surface area contributed by atoms with Crippen molar-refractivity contribution in [1.29, 1.82) is 0 Å². The van der Waals surface area contributed by atoms with Gasteiger partial charge < -0.3 is 0 Å². The van der Waals surface area contributed by atoms with Crippen LogP contribution in [0.2, 0.25) is 5.02 Å². The third-order valence-electron chi connectivity index (χ3n) is 3.25. The summed E-state index contributed by atoms with van der Waals surface area (Å²) < 4.78 is 38.4. The molecule has 148 valence electrons. The van der Waals surface area contributed by atoms with Gasteiger partial charge >= 0.3 is 6.18 Å². The molecule has 0 aliphatic carbocycles. The first kappa shape index (κ1) is 21.5. The van der Waals surface area contributed by atoms with Crippen molar-refractivity contribution in [1.82, 2.24) is 10.9 Å². The largest absolute Gasteiger partial charge is 0.417 e. The maximum absolute atomic E-state index is 12.8. The minimum Gasteiger partial charge on any atom is -0.272 e. The van der Waals surface area contributed by atoms with Crippen LogP contribution >= 0.6 is 23.4 Å². The van der Waals surface area contributed by atoms with Crippen LogP contribution in [0.15, 0.2) is 47.4 Å². The monoisotopic (exact) mass is 433 g/mol. The van der Waals surface area contributed by atoms with Gasteiger partial charge in [0.05, 0.1) is 21.3 Å². The molecule has 0 unspecified atom stereocenters. The van der Waals surface area contributed by atoms with Crippen LogP contribution in [0.3, 0.4) is 0 Å². The minimum absolute atomic E-state index is 0.0466. The Morgan fingerprint density at radius 1 is 1.14 bits per heavy atom. The third-order valence-corrected chi connectivity index (χ3v) is 4.57. The van der Waals surface area contributed by atoms with E-state index in [-0.39, 0.29) is 21.9 Å². The van der Waals surface area contributed by atoms with Crippen molar-refractivity contribution < 1.29 is 27.7 Å². The molecular weight excluding hydrogens is 423 g/mol. The molecule has 0 fully saturated rings. The van der Waals surface area contributed by atoms with Gasteiger partial charge in [-0.2, -0.15) is 13.2 Å². The predicted molar refractivity (Wildman–Crippen MR) is 95.9 cm³/mol. The van der Waals surface area contributed by atoms with Crippen LogP contribution < -0.4 is 10.9 Å². The lowest BCUT2D eigenvalue weighted by molar-refractivity contribution is -0.384. The Morgan fingerprint density at radius 3 is 2.50 bits per heavy atom. The standard InChI is InChI=1S/C16H11ClF3N3O4S/c17-13-5-4-11(7-12(13)16(18,19)20)28-8-14(24)21-22-15(25)9-2-1-3-10(6-9)23(26)27/h1-7H,8H2,(H,21,24)(H,22,25). The highest BCUT2D eigenvalue weighted by molar-refractivity contribution is 8.00. The number of benzene rings is 2. The van der Waals surface area contributed by atoms with E-state index in [1.807, 2.05) is 0 Å². The molecule has 0 aliphatic rings. The summed E-state index contributed by atoms with van der Waals surface area (Å²) in [4.78, 5) is 33.9. The number of rotatable bonds is 5. The highest BCUT2D eigenvalue weighted by Crippen LogP contribution is 2.36. The van der Waals surface area contributed by atoms with E-state index in [9.17, 15) is 32.9 Å². The van der Waals surface area contributed by atoms with E-state index < -0.39 is 33.5 Å². The summed E-state index contributed by atoms with van der Waals surface area (Å²) in [5, 5.41) is 10.2. The van der Waals surface area contributed by atoms with Crippen LogP contribution in [0.5, 0.6) is 0 Å². The van der Waals surface area contributed by atoms with E-state index in [1.165, 1.54) is 24.3 Å². The van der Waals surface area contributed by atoms with Crippen molar-refractivity contribution in [2.45, 2.75) is 11.1 Å². The number of hydrogen-bond acceptors (Lipinski definition) is 5. The number of carbonyl (C=O) groups excluding carboxylic acids is 2. The SMILES string of the molecule is O=C(CSc1ccc(Cl)c(C(F)(F)F)c1)NNC(=O)c1cccc([N+](=O)[O-])c1. The molecule has 0 aromatic heterocycles. The first-order valence-electron chi connectivity index (χ1n) is 7.41. The van der Waals surface area contributed by atoms with Crippen molar-refractivity contribution in [3.05, 3.63) is 68.7 Å². The van der Waals surface area contributed by atoms with E-state index in [1.54, 1.807) is 0 Å². The van der Waals surface area contributed by atoms with Crippen molar-refractivity contribution in [3.63, 3.8) is 0 Å². The molecule has 2 rings (SSSR count). The lowest BCUT2D eigenvalue weighted by Gasteiger charge is -2.11. The van der Waals surface area contributed by atoms with Crippen LogP contribution in [0.1, 0.15) is 15.9 Å². The van der Waals surface area contributed by atoms with Gasteiger partial charge in [0.25, 0.3) is 11.6 Å². The molecule has 12 heteroatoms. The van der Waals surface area contributed by atoms with Crippen LogP contribution in [0, 0.1) is 10.1 Å². The number of halogens is 4. The zero-order chi connectivity index (χ0) is 20.9. The Bertz CT molecular complexity index is 924. The first-order valence-corrected chi connectivity index (χ1v) is 8.77. The lowest BCUT2D eigenvalue weighted by Crippen LogP contribution is -2.42. The molecule has 28 heavy (non-hydrogen) atoms. The summed E-state index contributed by atoms with van der Waals surface area (Å²) in [5.74, 6) is -1.76. The fourth-order valence-electron chi connectivity index (χ4n) is 1.96. The maximum atomic E-state index is 12.8. The summed E-state index contributed by atoms with van der Waals surface area (Å²) in [7, 11) is 0. The molecule has 0 atom stereocenters. The molecule has 2 amide bonds. The molecule has 7 nitrogen and oxygen atoms in total. The maximum Gasteiger partial charge on any atom is 0.417 e. The van der Waals surface area contributed by atoms with E-state index in [4.69, 9.17) is 11.6 Å². The first-order chi connectivity index (χ1) is 13.1. The number of hydrogen-bond donors (Lipinski definition) is 2.